The van der Waals surface area contributed by atoms with Crippen molar-refractivity contribution in [2.24, 2.45) is 0 Å². The standard InChI is InChI=1S/C18H19N5O2/c1-11-9-19-14-5-3-2-4-13(14)17(11)20-12-6-7-23(10-12)15-8-16(24)22-18(25)21-15/h2-5,8-9,12H,6-7,10H2,1H3,(H,19,20)(H2,21,22,24,25)/t12-/m1/s1. The highest BCUT2D eigenvalue weighted by molar-refractivity contribution is 5.92. The monoisotopic (exact) mass is 337 g/mol. The first kappa shape index (κ1) is 15.4. The third-order valence-electron chi connectivity index (χ3n) is 4.59. The highest BCUT2D eigenvalue weighted by atomic mass is 16.2. The number of nitrogens with zero attached hydrogens (tertiary/aromatic N) is 2. The molecule has 0 aliphatic carbocycles. The summed E-state index contributed by atoms with van der Waals surface area (Å²) in [6.07, 6.45) is 2.80. The van der Waals surface area contributed by atoms with Crippen LogP contribution in [0.1, 0.15) is 12.0 Å². The maximum Gasteiger partial charge on any atom is 0.327 e. The Balaban J connectivity index is 1.58. The van der Waals surface area contributed by atoms with E-state index in [9.17, 15) is 9.59 Å². The summed E-state index contributed by atoms with van der Waals surface area (Å²) >= 11 is 0. The van der Waals surface area contributed by atoms with Crippen LogP contribution in [0.3, 0.4) is 0 Å². The number of benzene rings is 1. The number of pyridine rings is 1. The topological polar surface area (TPSA) is 93.9 Å². The van der Waals surface area contributed by atoms with E-state index in [0.29, 0.717) is 5.82 Å². The quantitative estimate of drug-likeness (QED) is 0.675. The first-order valence-electron chi connectivity index (χ1n) is 8.29. The average molecular weight is 337 g/mol. The SMILES string of the molecule is Cc1cnc2ccccc2c1N[C@@H]1CCN(c2cc(=O)[nH]c(=O)[nH]2)C1. The molecule has 0 unspecified atom stereocenters. The number of anilines is 2. The van der Waals surface area contributed by atoms with Gasteiger partial charge in [0, 0.05) is 42.5 Å². The molecule has 4 rings (SSSR count). The van der Waals surface area contributed by atoms with E-state index in [4.69, 9.17) is 0 Å². The third kappa shape index (κ3) is 3.00. The molecule has 3 heterocycles. The molecule has 128 valence electrons. The molecule has 1 atom stereocenters. The fraction of sp³-hybridized carbons (Fsp3) is 0.278. The van der Waals surface area contributed by atoms with Crippen LogP contribution < -0.4 is 21.5 Å². The van der Waals surface area contributed by atoms with Crippen LogP contribution in [0.25, 0.3) is 10.9 Å². The molecule has 1 saturated heterocycles. The number of hydrogen-bond donors (Lipinski definition) is 3. The van der Waals surface area contributed by atoms with Crippen molar-refractivity contribution in [3.8, 4) is 0 Å². The molecule has 0 amide bonds. The van der Waals surface area contributed by atoms with Gasteiger partial charge in [0.1, 0.15) is 5.82 Å². The van der Waals surface area contributed by atoms with Gasteiger partial charge in [0.2, 0.25) is 0 Å². The number of hydrogen-bond acceptors (Lipinski definition) is 5. The Kier molecular flexibility index (Phi) is 3.76. The number of para-hydroxylation sites is 1. The first-order valence-corrected chi connectivity index (χ1v) is 8.29. The predicted molar refractivity (Wildman–Crippen MR) is 98.4 cm³/mol. The summed E-state index contributed by atoms with van der Waals surface area (Å²) in [5.41, 5.74) is 2.30. The van der Waals surface area contributed by atoms with Crippen molar-refractivity contribution in [2.45, 2.75) is 19.4 Å². The number of aromatic nitrogens is 3. The average Bonchev–Trinajstić information content (AvgIpc) is 3.05. The van der Waals surface area contributed by atoms with Crippen molar-refractivity contribution < 1.29 is 0 Å². The lowest BCUT2D eigenvalue weighted by molar-refractivity contribution is 0.805. The number of fused-ring (bicyclic) bond motifs is 1. The maximum atomic E-state index is 11.5. The summed E-state index contributed by atoms with van der Waals surface area (Å²) < 4.78 is 0. The second-order valence-electron chi connectivity index (χ2n) is 6.38. The molecule has 0 spiro atoms. The second-order valence-corrected chi connectivity index (χ2v) is 6.38. The lowest BCUT2D eigenvalue weighted by atomic mass is 10.1. The first-order chi connectivity index (χ1) is 12.1. The van der Waals surface area contributed by atoms with Crippen molar-refractivity contribution in [3.63, 3.8) is 0 Å². The van der Waals surface area contributed by atoms with Gasteiger partial charge in [-0.1, -0.05) is 18.2 Å². The van der Waals surface area contributed by atoms with Gasteiger partial charge in [0.15, 0.2) is 0 Å². The Labute approximate surface area is 143 Å². The molecule has 25 heavy (non-hydrogen) atoms. The summed E-state index contributed by atoms with van der Waals surface area (Å²) in [5, 5.41) is 4.72. The van der Waals surface area contributed by atoms with Gasteiger partial charge < -0.3 is 10.2 Å². The van der Waals surface area contributed by atoms with E-state index in [1.54, 1.807) is 0 Å². The lowest BCUT2D eigenvalue weighted by Gasteiger charge is -2.20. The molecule has 7 heteroatoms. The van der Waals surface area contributed by atoms with Gasteiger partial charge in [-0.25, -0.2) is 4.79 Å². The molecule has 0 saturated carbocycles. The van der Waals surface area contributed by atoms with Gasteiger partial charge in [0.25, 0.3) is 5.56 Å². The molecule has 2 aromatic heterocycles. The molecule has 1 fully saturated rings. The second kappa shape index (κ2) is 6.08. The molecule has 0 radical (unpaired) electrons. The van der Waals surface area contributed by atoms with Crippen molar-refractivity contribution in [2.75, 3.05) is 23.3 Å². The van der Waals surface area contributed by atoms with Gasteiger partial charge in [0.05, 0.1) is 5.52 Å². The molecular weight excluding hydrogens is 318 g/mol. The van der Waals surface area contributed by atoms with Crippen molar-refractivity contribution in [1.29, 1.82) is 0 Å². The Morgan fingerprint density at radius 2 is 2.08 bits per heavy atom. The fourth-order valence-electron chi connectivity index (χ4n) is 3.36. The van der Waals surface area contributed by atoms with Gasteiger partial charge in [-0.2, -0.15) is 0 Å². The summed E-state index contributed by atoms with van der Waals surface area (Å²) in [5.74, 6) is 0.564. The minimum absolute atomic E-state index is 0.229. The lowest BCUT2D eigenvalue weighted by Crippen LogP contribution is -2.31. The molecular formula is C18H19N5O2. The van der Waals surface area contributed by atoms with Crippen LogP contribution in [-0.2, 0) is 0 Å². The van der Waals surface area contributed by atoms with E-state index in [-0.39, 0.29) is 11.6 Å². The predicted octanol–water partition coefficient (Wildman–Crippen LogP) is 1.61. The van der Waals surface area contributed by atoms with Crippen LogP contribution >= 0.6 is 0 Å². The highest BCUT2D eigenvalue weighted by Gasteiger charge is 2.24. The van der Waals surface area contributed by atoms with Gasteiger partial charge >= 0.3 is 5.69 Å². The molecule has 3 N–H and O–H groups in total. The van der Waals surface area contributed by atoms with E-state index in [1.165, 1.54) is 6.07 Å². The molecule has 3 aromatic rings. The summed E-state index contributed by atoms with van der Waals surface area (Å²) in [7, 11) is 0. The van der Waals surface area contributed by atoms with Crippen LogP contribution in [0.15, 0.2) is 46.1 Å². The largest absolute Gasteiger partial charge is 0.380 e. The van der Waals surface area contributed by atoms with Crippen molar-refractivity contribution in [3.05, 3.63) is 62.9 Å². The maximum absolute atomic E-state index is 11.5. The molecule has 1 aliphatic heterocycles. The van der Waals surface area contributed by atoms with Crippen LogP contribution in [0.4, 0.5) is 11.5 Å². The van der Waals surface area contributed by atoms with E-state index < -0.39 is 5.69 Å². The smallest absolute Gasteiger partial charge is 0.327 e. The summed E-state index contributed by atoms with van der Waals surface area (Å²) in [6, 6.07) is 9.72. The molecule has 1 aliphatic rings. The van der Waals surface area contributed by atoms with Crippen LogP contribution in [0.5, 0.6) is 0 Å². The number of H-pyrrole nitrogens is 2. The van der Waals surface area contributed by atoms with E-state index in [0.717, 1.165) is 41.7 Å². The Morgan fingerprint density at radius 3 is 2.92 bits per heavy atom. The van der Waals surface area contributed by atoms with E-state index in [2.05, 4.69) is 26.3 Å². The Bertz CT molecular complexity index is 1010. The van der Waals surface area contributed by atoms with E-state index in [1.807, 2.05) is 36.2 Å². The zero-order valence-electron chi connectivity index (χ0n) is 13.9. The Morgan fingerprint density at radius 1 is 1.24 bits per heavy atom. The highest BCUT2D eigenvalue weighted by Crippen LogP contribution is 2.28. The molecule has 1 aromatic carbocycles. The fourth-order valence-corrected chi connectivity index (χ4v) is 3.36. The summed E-state index contributed by atoms with van der Waals surface area (Å²) in [6.45, 7) is 3.54. The van der Waals surface area contributed by atoms with Gasteiger partial charge in [-0.05, 0) is 25.0 Å². The minimum atomic E-state index is -0.477. The summed E-state index contributed by atoms with van der Waals surface area (Å²) in [4.78, 5) is 34.4. The normalized spacial score (nSPS) is 17.2. The third-order valence-corrected chi connectivity index (χ3v) is 4.59. The molecule has 7 nitrogen and oxygen atoms in total. The van der Waals surface area contributed by atoms with Gasteiger partial charge in [-0.15, -0.1) is 0 Å². The number of aromatic amines is 2. The van der Waals surface area contributed by atoms with Crippen LogP contribution in [-0.4, -0.2) is 34.1 Å². The van der Waals surface area contributed by atoms with Gasteiger partial charge in [-0.3, -0.25) is 19.7 Å². The van der Waals surface area contributed by atoms with Crippen molar-refractivity contribution >= 4 is 22.4 Å². The number of rotatable bonds is 3. The molecule has 0 bridgehead atoms. The number of aryl methyl sites for hydroxylation is 1. The number of nitrogens with one attached hydrogen (secondary N) is 3. The van der Waals surface area contributed by atoms with E-state index >= 15 is 0 Å². The van der Waals surface area contributed by atoms with Crippen LogP contribution in [0, 0.1) is 6.92 Å². The van der Waals surface area contributed by atoms with Crippen LogP contribution in [0.2, 0.25) is 0 Å². The Hall–Kier alpha value is -3.09. The minimum Gasteiger partial charge on any atom is -0.380 e. The zero-order valence-corrected chi connectivity index (χ0v) is 13.9. The van der Waals surface area contributed by atoms with Crippen molar-refractivity contribution in [1.82, 2.24) is 15.0 Å². The zero-order chi connectivity index (χ0) is 17.4.